The van der Waals surface area contributed by atoms with Crippen LogP contribution in [-0.2, 0) is 7.05 Å². The van der Waals surface area contributed by atoms with E-state index in [9.17, 15) is 0 Å². The first-order valence-corrected chi connectivity index (χ1v) is 10.1. The Labute approximate surface area is 164 Å². The third-order valence-electron chi connectivity index (χ3n) is 6.42. The Balaban J connectivity index is 2.14. The minimum Gasteiger partial charge on any atom is -0.307 e. The molecule has 6 aromatic rings. The van der Waals surface area contributed by atoms with Crippen molar-refractivity contribution in [3.05, 3.63) is 71.9 Å². The highest BCUT2D eigenvalue weighted by Gasteiger charge is 2.25. The molecule has 0 saturated carbocycles. The van der Waals surface area contributed by atoms with Gasteiger partial charge in [0.1, 0.15) is 7.05 Å². The molecule has 28 heavy (non-hydrogen) atoms. The summed E-state index contributed by atoms with van der Waals surface area (Å²) in [4.78, 5) is 0. The average molecular weight is 363 g/mol. The summed E-state index contributed by atoms with van der Waals surface area (Å²) in [5.41, 5.74) is 8.06. The number of para-hydroxylation sites is 1. The Bertz CT molecular complexity index is 1550. The zero-order valence-corrected chi connectivity index (χ0v) is 16.7. The number of aromatic nitrogens is 2. The van der Waals surface area contributed by atoms with Gasteiger partial charge >= 0.3 is 0 Å². The predicted molar refractivity (Wildman–Crippen MR) is 119 cm³/mol. The number of hydrogen-bond acceptors (Lipinski definition) is 0. The van der Waals surface area contributed by atoms with Crippen molar-refractivity contribution in [1.82, 2.24) is 4.40 Å². The molecular formula is C26H23N2+. The largest absolute Gasteiger partial charge is 0.307 e. The second kappa shape index (κ2) is 5.23. The molecule has 3 aromatic carbocycles. The maximum Gasteiger partial charge on any atom is 0.224 e. The molecule has 0 amide bonds. The summed E-state index contributed by atoms with van der Waals surface area (Å²) in [6.45, 7) is 6.84. The molecule has 3 heterocycles. The van der Waals surface area contributed by atoms with Crippen LogP contribution in [0.5, 0.6) is 0 Å². The Kier molecular flexibility index (Phi) is 2.97. The molecule has 0 unspecified atom stereocenters. The van der Waals surface area contributed by atoms with Crippen molar-refractivity contribution in [3.63, 3.8) is 0 Å². The number of aryl methyl sites for hydroxylation is 2. The van der Waals surface area contributed by atoms with Crippen molar-refractivity contribution in [1.29, 1.82) is 0 Å². The van der Waals surface area contributed by atoms with Crippen LogP contribution in [0, 0.1) is 6.92 Å². The van der Waals surface area contributed by atoms with E-state index in [4.69, 9.17) is 0 Å². The topological polar surface area (TPSA) is 8.29 Å². The van der Waals surface area contributed by atoms with Gasteiger partial charge in [-0.15, -0.1) is 0 Å². The van der Waals surface area contributed by atoms with E-state index in [0.717, 1.165) is 0 Å². The van der Waals surface area contributed by atoms with Gasteiger partial charge in [0, 0.05) is 16.8 Å². The fraction of sp³-hybridized carbons (Fsp3) is 0.192. The van der Waals surface area contributed by atoms with Crippen LogP contribution >= 0.6 is 0 Å². The van der Waals surface area contributed by atoms with Crippen molar-refractivity contribution >= 4 is 49.0 Å². The highest BCUT2D eigenvalue weighted by molar-refractivity contribution is 6.28. The molecule has 0 spiro atoms. The minimum atomic E-state index is 0.472. The van der Waals surface area contributed by atoms with Crippen LogP contribution in [0.4, 0.5) is 0 Å². The lowest BCUT2D eigenvalue weighted by Gasteiger charge is -2.15. The van der Waals surface area contributed by atoms with E-state index in [-0.39, 0.29) is 0 Å². The second-order valence-corrected chi connectivity index (χ2v) is 8.41. The Hall–Kier alpha value is -3.13. The van der Waals surface area contributed by atoms with E-state index in [1.807, 2.05) is 0 Å². The zero-order valence-electron chi connectivity index (χ0n) is 16.7. The fourth-order valence-electron chi connectivity index (χ4n) is 5.19. The number of rotatable bonds is 1. The van der Waals surface area contributed by atoms with E-state index in [0.29, 0.717) is 5.92 Å². The molecule has 0 saturated heterocycles. The summed E-state index contributed by atoms with van der Waals surface area (Å²) in [6.07, 6.45) is 2.21. The standard InChI is InChI=1S/C26H23N2/c1-15(2)19-14-17-12-13-27(4)25-22-16(3)8-7-11-21(22)28-20-10-6-5-9-18(20)24(19)26(28)23(17)25/h5-15H,1-4H3/q+1. The lowest BCUT2D eigenvalue weighted by atomic mass is 9.92. The fourth-order valence-corrected chi connectivity index (χ4v) is 5.19. The van der Waals surface area contributed by atoms with Gasteiger partial charge in [-0.2, -0.15) is 0 Å². The molecule has 6 rings (SSSR count). The molecule has 0 aliphatic rings. The second-order valence-electron chi connectivity index (χ2n) is 8.41. The van der Waals surface area contributed by atoms with Gasteiger partial charge in [-0.1, -0.05) is 44.2 Å². The molecule has 0 bridgehead atoms. The van der Waals surface area contributed by atoms with Crippen molar-refractivity contribution in [3.8, 4) is 0 Å². The smallest absolute Gasteiger partial charge is 0.224 e. The van der Waals surface area contributed by atoms with Gasteiger partial charge < -0.3 is 4.40 Å². The molecule has 2 nitrogen and oxygen atoms in total. The SMILES string of the molecule is Cc1cccc2c1c1c3c(cc[n+]1C)cc(C(C)C)c1c4ccccc4n2c13. The van der Waals surface area contributed by atoms with Gasteiger partial charge in [0.2, 0.25) is 5.52 Å². The van der Waals surface area contributed by atoms with Crippen LogP contribution in [0.25, 0.3) is 49.0 Å². The summed E-state index contributed by atoms with van der Waals surface area (Å²) in [5, 5.41) is 6.83. The van der Waals surface area contributed by atoms with Crippen LogP contribution in [0.3, 0.4) is 0 Å². The van der Waals surface area contributed by atoms with Gasteiger partial charge in [0.15, 0.2) is 6.20 Å². The molecule has 0 aliphatic heterocycles. The molecule has 3 aromatic heterocycles. The van der Waals surface area contributed by atoms with Gasteiger partial charge in [0.25, 0.3) is 0 Å². The normalized spacial score (nSPS) is 12.6. The Morgan fingerprint density at radius 1 is 0.857 bits per heavy atom. The van der Waals surface area contributed by atoms with E-state index < -0.39 is 0 Å². The molecule has 0 atom stereocenters. The molecule has 0 radical (unpaired) electrons. The van der Waals surface area contributed by atoms with Crippen LogP contribution in [-0.4, -0.2) is 4.40 Å². The number of fused-ring (bicyclic) bond motifs is 6. The number of benzene rings is 3. The van der Waals surface area contributed by atoms with E-state index in [1.54, 1.807) is 0 Å². The van der Waals surface area contributed by atoms with Gasteiger partial charge in [0.05, 0.1) is 27.3 Å². The summed E-state index contributed by atoms with van der Waals surface area (Å²) in [5.74, 6) is 0.472. The first-order valence-electron chi connectivity index (χ1n) is 10.1. The summed E-state index contributed by atoms with van der Waals surface area (Å²) in [6, 6.07) is 20.3. The Morgan fingerprint density at radius 3 is 2.46 bits per heavy atom. The van der Waals surface area contributed by atoms with Crippen LogP contribution in [0.1, 0.15) is 30.9 Å². The molecule has 0 fully saturated rings. The number of pyridine rings is 2. The van der Waals surface area contributed by atoms with E-state index >= 15 is 0 Å². The van der Waals surface area contributed by atoms with Crippen molar-refractivity contribution in [2.75, 3.05) is 0 Å². The van der Waals surface area contributed by atoms with Crippen LogP contribution in [0.2, 0.25) is 0 Å². The predicted octanol–water partition coefficient (Wildman–Crippen LogP) is 6.25. The van der Waals surface area contributed by atoms with Crippen LogP contribution < -0.4 is 4.57 Å². The lowest BCUT2D eigenvalue weighted by molar-refractivity contribution is -0.643. The van der Waals surface area contributed by atoms with Gasteiger partial charge in [-0.25, -0.2) is 4.57 Å². The Morgan fingerprint density at radius 2 is 1.64 bits per heavy atom. The lowest BCUT2D eigenvalue weighted by Crippen LogP contribution is -2.29. The monoisotopic (exact) mass is 363 g/mol. The zero-order chi connectivity index (χ0) is 19.2. The first-order chi connectivity index (χ1) is 13.6. The van der Waals surface area contributed by atoms with E-state index in [2.05, 4.69) is 97.6 Å². The average Bonchev–Trinajstić information content (AvgIpc) is 3.04. The highest BCUT2D eigenvalue weighted by atomic mass is 15.0. The third-order valence-corrected chi connectivity index (χ3v) is 6.42. The molecular weight excluding hydrogens is 340 g/mol. The maximum absolute atomic E-state index is 2.51. The van der Waals surface area contributed by atoms with Gasteiger partial charge in [-0.3, -0.25) is 0 Å². The van der Waals surface area contributed by atoms with Crippen LogP contribution in [0.15, 0.2) is 60.8 Å². The quantitative estimate of drug-likeness (QED) is 0.185. The summed E-state index contributed by atoms with van der Waals surface area (Å²) in [7, 11) is 2.17. The molecule has 136 valence electrons. The molecule has 0 aliphatic carbocycles. The first kappa shape index (κ1) is 15.9. The van der Waals surface area contributed by atoms with Crippen molar-refractivity contribution in [2.24, 2.45) is 7.05 Å². The third kappa shape index (κ3) is 1.76. The molecule has 0 N–H and O–H groups in total. The van der Waals surface area contributed by atoms with Gasteiger partial charge in [-0.05, 0) is 47.6 Å². The van der Waals surface area contributed by atoms with E-state index in [1.165, 1.54) is 60.1 Å². The number of hydrogen-bond donors (Lipinski definition) is 0. The van der Waals surface area contributed by atoms with Crippen molar-refractivity contribution in [2.45, 2.75) is 26.7 Å². The summed E-state index contributed by atoms with van der Waals surface area (Å²) >= 11 is 0. The summed E-state index contributed by atoms with van der Waals surface area (Å²) < 4.78 is 4.80. The maximum atomic E-state index is 2.51. The highest BCUT2D eigenvalue weighted by Crippen LogP contribution is 2.43. The molecule has 2 heteroatoms. The minimum absolute atomic E-state index is 0.472. The number of nitrogens with zero attached hydrogens (tertiary/aromatic N) is 2. The van der Waals surface area contributed by atoms with Crippen molar-refractivity contribution < 1.29 is 4.57 Å².